The molecule has 0 bridgehead atoms. The molecule has 0 fully saturated rings. The van der Waals surface area contributed by atoms with Gasteiger partial charge in [-0.15, -0.1) is 0 Å². The first-order chi connectivity index (χ1) is 7.49. The number of ether oxygens (including phenoxy) is 1. The summed E-state index contributed by atoms with van der Waals surface area (Å²) in [6.07, 6.45) is -0.746. The second-order valence-electron chi connectivity index (χ2n) is 3.08. The fraction of sp³-hybridized carbons (Fsp3) is 0.200. The molecule has 0 aliphatic heterocycles. The Kier molecular flexibility index (Phi) is 4.13. The Bertz CT molecular complexity index is 408. The van der Waals surface area contributed by atoms with Gasteiger partial charge in [0.1, 0.15) is 12.3 Å². The number of carboxylic acids is 1. The molecule has 0 saturated heterocycles. The van der Waals surface area contributed by atoms with E-state index in [0.717, 1.165) is 4.90 Å². The molecule has 0 unspecified atom stereocenters. The number of nitrogens with zero attached hydrogens (tertiary/aromatic N) is 1. The molecule has 1 amide bonds. The van der Waals surface area contributed by atoms with Gasteiger partial charge in [-0.1, -0.05) is 17.7 Å². The summed E-state index contributed by atoms with van der Waals surface area (Å²) >= 11 is 5.69. The third-order valence-electron chi connectivity index (χ3n) is 1.69. The molecule has 0 spiro atoms. The normalized spacial score (nSPS) is 9.62. The predicted octanol–water partition coefficient (Wildman–Crippen LogP) is 1.86. The second-order valence-corrected chi connectivity index (χ2v) is 3.51. The molecular formula is C10H10ClNO4. The maximum atomic E-state index is 11.4. The highest BCUT2D eigenvalue weighted by atomic mass is 35.5. The Morgan fingerprint density at radius 3 is 2.75 bits per heavy atom. The molecule has 86 valence electrons. The Hall–Kier alpha value is -1.75. The fourth-order valence-electron chi connectivity index (χ4n) is 0.977. The van der Waals surface area contributed by atoms with E-state index in [2.05, 4.69) is 0 Å². The van der Waals surface area contributed by atoms with E-state index in [0.29, 0.717) is 5.02 Å². The number of rotatable bonds is 3. The molecular weight excluding hydrogens is 234 g/mol. The number of amides is 1. The highest BCUT2D eigenvalue weighted by Crippen LogP contribution is 2.17. The lowest BCUT2D eigenvalue weighted by Crippen LogP contribution is -2.34. The molecule has 16 heavy (non-hydrogen) atoms. The van der Waals surface area contributed by atoms with E-state index in [1.54, 1.807) is 18.2 Å². The summed E-state index contributed by atoms with van der Waals surface area (Å²) in [7, 11) is 1.33. The minimum atomic E-state index is -1.11. The lowest BCUT2D eigenvalue weighted by Gasteiger charge is -2.14. The van der Waals surface area contributed by atoms with Crippen LogP contribution in [0.5, 0.6) is 5.75 Å². The number of hydrogen-bond donors (Lipinski definition) is 1. The molecule has 5 nitrogen and oxygen atoms in total. The van der Waals surface area contributed by atoms with Crippen molar-refractivity contribution in [3.8, 4) is 5.75 Å². The molecule has 1 aromatic rings. The predicted molar refractivity (Wildman–Crippen MR) is 57.7 cm³/mol. The monoisotopic (exact) mass is 243 g/mol. The Labute approximate surface area is 97.2 Å². The Morgan fingerprint density at radius 1 is 1.50 bits per heavy atom. The van der Waals surface area contributed by atoms with Crippen molar-refractivity contribution in [3.63, 3.8) is 0 Å². The minimum Gasteiger partial charge on any atom is -0.480 e. The highest BCUT2D eigenvalue weighted by Gasteiger charge is 2.14. The second kappa shape index (κ2) is 5.37. The van der Waals surface area contributed by atoms with Crippen LogP contribution in [0.25, 0.3) is 0 Å². The zero-order valence-electron chi connectivity index (χ0n) is 8.51. The maximum Gasteiger partial charge on any atom is 0.415 e. The summed E-state index contributed by atoms with van der Waals surface area (Å²) in [6.45, 7) is -0.417. The summed E-state index contributed by atoms with van der Waals surface area (Å²) < 4.78 is 4.90. The van der Waals surface area contributed by atoms with Gasteiger partial charge in [-0.2, -0.15) is 0 Å². The first-order valence-corrected chi connectivity index (χ1v) is 4.77. The van der Waals surface area contributed by atoms with Gasteiger partial charge in [0.25, 0.3) is 0 Å². The van der Waals surface area contributed by atoms with Crippen LogP contribution in [0.2, 0.25) is 5.02 Å². The van der Waals surface area contributed by atoms with E-state index in [1.807, 2.05) is 0 Å². The van der Waals surface area contributed by atoms with Gasteiger partial charge in [0.05, 0.1) is 0 Å². The number of hydrogen-bond acceptors (Lipinski definition) is 3. The van der Waals surface area contributed by atoms with E-state index in [-0.39, 0.29) is 5.75 Å². The number of carbonyl (C=O) groups is 2. The minimum absolute atomic E-state index is 0.273. The van der Waals surface area contributed by atoms with Gasteiger partial charge in [-0.05, 0) is 18.2 Å². The van der Waals surface area contributed by atoms with E-state index in [4.69, 9.17) is 21.4 Å². The van der Waals surface area contributed by atoms with Crippen LogP contribution in [0.4, 0.5) is 4.79 Å². The zero-order chi connectivity index (χ0) is 12.1. The summed E-state index contributed by atoms with van der Waals surface area (Å²) in [5.41, 5.74) is 0. The molecule has 0 aliphatic rings. The van der Waals surface area contributed by atoms with Gasteiger partial charge in [0.15, 0.2) is 0 Å². The van der Waals surface area contributed by atoms with Crippen LogP contribution in [0.3, 0.4) is 0 Å². The first-order valence-electron chi connectivity index (χ1n) is 4.39. The standard InChI is InChI=1S/C10H10ClNO4/c1-12(6-9(13)14)10(15)16-8-4-2-3-7(11)5-8/h2-5H,6H2,1H3,(H,13,14). The average Bonchev–Trinajstić information content (AvgIpc) is 2.16. The largest absolute Gasteiger partial charge is 0.480 e. The summed E-state index contributed by atoms with van der Waals surface area (Å²) in [4.78, 5) is 22.7. The third kappa shape index (κ3) is 3.78. The van der Waals surface area contributed by atoms with Crippen molar-refractivity contribution in [3.05, 3.63) is 29.3 Å². The third-order valence-corrected chi connectivity index (χ3v) is 1.92. The number of carbonyl (C=O) groups excluding carboxylic acids is 1. The fourth-order valence-corrected chi connectivity index (χ4v) is 1.16. The molecule has 0 aliphatic carbocycles. The van der Waals surface area contributed by atoms with Crippen molar-refractivity contribution in [2.45, 2.75) is 0 Å². The van der Waals surface area contributed by atoms with Crippen molar-refractivity contribution in [1.29, 1.82) is 0 Å². The molecule has 1 N–H and O–H groups in total. The first kappa shape index (κ1) is 12.3. The smallest absolute Gasteiger partial charge is 0.415 e. The van der Waals surface area contributed by atoms with Crippen LogP contribution in [0.15, 0.2) is 24.3 Å². The maximum absolute atomic E-state index is 11.4. The van der Waals surface area contributed by atoms with Crippen molar-refractivity contribution < 1.29 is 19.4 Å². The lowest BCUT2D eigenvalue weighted by atomic mass is 10.3. The molecule has 0 heterocycles. The topological polar surface area (TPSA) is 66.8 Å². The zero-order valence-corrected chi connectivity index (χ0v) is 9.27. The van der Waals surface area contributed by atoms with Crippen molar-refractivity contribution in [2.24, 2.45) is 0 Å². The van der Waals surface area contributed by atoms with E-state index in [1.165, 1.54) is 13.1 Å². The lowest BCUT2D eigenvalue weighted by molar-refractivity contribution is -0.137. The van der Waals surface area contributed by atoms with E-state index < -0.39 is 18.6 Å². The van der Waals surface area contributed by atoms with Gasteiger partial charge < -0.3 is 9.84 Å². The molecule has 0 atom stereocenters. The van der Waals surface area contributed by atoms with Gasteiger partial charge in [-0.3, -0.25) is 9.69 Å². The molecule has 1 rings (SSSR count). The van der Waals surface area contributed by atoms with Gasteiger partial charge in [-0.25, -0.2) is 4.79 Å². The average molecular weight is 244 g/mol. The molecule has 0 saturated carbocycles. The van der Waals surface area contributed by atoms with E-state index in [9.17, 15) is 9.59 Å². The van der Waals surface area contributed by atoms with Crippen molar-refractivity contribution >= 4 is 23.7 Å². The highest BCUT2D eigenvalue weighted by molar-refractivity contribution is 6.30. The van der Waals surface area contributed by atoms with Crippen LogP contribution in [-0.2, 0) is 4.79 Å². The van der Waals surface area contributed by atoms with Gasteiger partial charge in [0, 0.05) is 12.1 Å². The number of benzene rings is 1. The van der Waals surface area contributed by atoms with Crippen LogP contribution < -0.4 is 4.74 Å². The molecule has 0 aromatic heterocycles. The van der Waals surface area contributed by atoms with E-state index >= 15 is 0 Å². The molecule has 0 radical (unpaired) electrons. The van der Waals surface area contributed by atoms with Crippen LogP contribution >= 0.6 is 11.6 Å². The number of likely N-dealkylation sites (N-methyl/N-ethyl adjacent to an activating group) is 1. The van der Waals surface area contributed by atoms with Crippen LogP contribution in [-0.4, -0.2) is 35.7 Å². The number of aliphatic carboxylic acids is 1. The molecule has 6 heteroatoms. The number of carboxylic acid groups (broad SMARTS) is 1. The molecule has 1 aromatic carbocycles. The summed E-state index contributed by atoms with van der Waals surface area (Å²) in [5.74, 6) is -0.833. The van der Waals surface area contributed by atoms with Crippen molar-refractivity contribution in [1.82, 2.24) is 4.90 Å². The SMILES string of the molecule is CN(CC(=O)O)C(=O)Oc1cccc(Cl)c1. The Balaban J connectivity index is 2.60. The summed E-state index contributed by atoms with van der Waals surface area (Å²) in [5, 5.41) is 8.91. The van der Waals surface area contributed by atoms with Crippen molar-refractivity contribution in [2.75, 3.05) is 13.6 Å². The van der Waals surface area contributed by atoms with Crippen LogP contribution in [0.1, 0.15) is 0 Å². The summed E-state index contributed by atoms with van der Waals surface area (Å²) in [6, 6.07) is 6.29. The van der Waals surface area contributed by atoms with Crippen LogP contribution in [0, 0.1) is 0 Å². The quantitative estimate of drug-likeness (QED) is 0.880. The Morgan fingerprint density at radius 2 is 2.19 bits per heavy atom. The number of halogens is 1. The van der Waals surface area contributed by atoms with Gasteiger partial charge in [0.2, 0.25) is 0 Å². The van der Waals surface area contributed by atoms with Gasteiger partial charge >= 0.3 is 12.1 Å².